The molecular weight excluding hydrogens is 416 g/mol. The minimum Gasteiger partial charge on any atom is -0.467 e. The van der Waals surface area contributed by atoms with Gasteiger partial charge in [-0.15, -0.1) is 0 Å². The number of amides is 2. The largest absolute Gasteiger partial charge is 0.467 e. The Bertz CT molecular complexity index is 1100. The lowest BCUT2D eigenvalue weighted by Gasteiger charge is -2.27. The van der Waals surface area contributed by atoms with E-state index in [-0.39, 0.29) is 17.9 Å². The number of pyridine rings is 1. The summed E-state index contributed by atoms with van der Waals surface area (Å²) in [7, 11) is 0. The molecule has 0 saturated carbocycles. The fourth-order valence-electron chi connectivity index (χ4n) is 3.97. The highest BCUT2D eigenvalue weighted by atomic mass is 32.2. The monoisotopic (exact) mass is 438 g/mol. The number of carbonyl (C=O) groups excluding carboxylic acids is 2. The first kappa shape index (κ1) is 21.0. The zero-order valence-electron chi connectivity index (χ0n) is 17.3. The van der Waals surface area contributed by atoms with Crippen molar-refractivity contribution in [1.82, 2.24) is 15.6 Å². The predicted octanol–water partition coefficient (Wildman–Crippen LogP) is 3.31. The van der Waals surface area contributed by atoms with Gasteiger partial charge in [0.25, 0.3) is 0 Å². The van der Waals surface area contributed by atoms with E-state index in [1.807, 2.05) is 6.92 Å². The quantitative estimate of drug-likeness (QED) is 0.525. The number of esters is 1. The number of furan rings is 1. The number of thioether (sulfide) groups is 1. The van der Waals surface area contributed by atoms with Gasteiger partial charge in [-0.05, 0) is 56.4 Å². The zero-order valence-corrected chi connectivity index (χ0v) is 18.1. The summed E-state index contributed by atoms with van der Waals surface area (Å²) in [6, 6.07) is 4.45. The van der Waals surface area contributed by atoms with Crippen molar-refractivity contribution < 1.29 is 18.7 Å². The summed E-state index contributed by atoms with van der Waals surface area (Å²) in [6.45, 7) is 3.88. The Hall–Kier alpha value is -3.25. The minimum absolute atomic E-state index is 0.200. The van der Waals surface area contributed by atoms with Crippen molar-refractivity contribution in [1.29, 1.82) is 5.26 Å². The maximum atomic E-state index is 12.8. The van der Waals surface area contributed by atoms with Gasteiger partial charge in [0.2, 0.25) is 0 Å². The van der Waals surface area contributed by atoms with Crippen LogP contribution in [0, 0.1) is 18.3 Å². The molecule has 1 atom stereocenters. The Balaban J connectivity index is 1.70. The van der Waals surface area contributed by atoms with Crippen molar-refractivity contribution in [3.8, 4) is 6.07 Å². The number of fused-ring (bicyclic) bond motifs is 1. The molecule has 0 aromatic carbocycles. The topological polar surface area (TPSA) is 117 Å². The second-order valence-electron chi connectivity index (χ2n) is 7.26. The van der Waals surface area contributed by atoms with Crippen LogP contribution in [0.4, 0.5) is 4.79 Å². The number of aromatic nitrogens is 1. The molecule has 0 bridgehead atoms. The Morgan fingerprint density at radius 3 is 3.00 bits per heavy atom. The number of hydrogen-bond donors (Lipinski definition) is 2. The number of aryl methyl sites for hydroxylation is 1. The minimum atomic E-state index is -0.761. The Labute approximate surface area is 184 Å². The van der Waals surface area contributed by atoms with Gasteiger partial charge in [-0.3, -0.25) is 0 Å². The fourth-order valence-corrected chi connectivity index (χ4v) is 5.00. The number of ether oxygens (including phenoxy) is 1. The third-order valence-corrected chi connectivity index (χ3v) is 6.41. The Morgan fingerprint density at radius 2 is 2.29 bits per heavy atom. The van der Waals surface area contributed by atoms with E-state index in [0.29, 0.717) is 22.0 Å². The number of nitrogens with zero attached hydrogens (tertiary/aromatic N) is 2. The molecule has 2 N–H and O–H groups in total. The van der Waals surface area contributed by atoms with E-state index in [1.165, 1.54) is 23.6 Å². The second-order valence-corrected chi connectivity index (χ2v) is 8.22. The van der Waals surface area contributed by atoms with Gasteiger partial charge < -0.3 is 19.8 Å². The summed E-state index contributed by atoms with van der Waals surface area (Å²) in [4.78, 5) is 29.8. The van der Waals surface area contributed by atoms with Gasteiger partial charge in [0, 0.05) is 17.1 Å². The molecule has 0 spiro atoms. The number of carbonyl (C=O) groups is 2. The van der Waals surface area contributed by atoms with Crippen molar-refractivity contribution in [2.45, 2.75) is 44.2 Å². The van der Waals surface area contributed by atoms with Crippen LogP contribution in [0.1, 0.15) is 47.5 Å². The molecule has 1 aliphatic heterocycles. The molecule has 0 radical (unpaired) electrons. The summed E-state index contributed by atoms with van der Waals surface area (Å²) in [6.07, 6.45) is 4.36. The van der Waals surface area contributed by atoms with Gasteiger partial charge in [0.05, 0.1) is 24.0 Å². The highest BCUT2D eigenvalue weighted by molar-refractivity contribution is 7.99. The first-order valence-electron chi connectivity index (χ1n) is 10.1. The summed E-state index contributed by atoms with van der Waals surface area (Å²) < 4.78 is 10.7. The average Bonchev–Trinajstić information content (AvgIpc) is 3.44. The first-order chi connectivity index (χ1) is 15.0. The predicted molar refractivity (Wildman–Crippen MR) is 113 cm³/mol. The third-order valence-electron chi connectivity index (χ3n) is 5.41. The van der Waals surface area contributed by atoms with Crippen molar-refractivity contribution >= 4 is 23.8 Å². The van der Waals surface area contributed by atoms with Crippen LogP contribution >= 0.6 is 11.8 Å². The first-order valence-corrected chi connectivity index (χ1v) is 11.1. The molecule has 2 aromatic rings. The fraction of sp³-hybridized carbons (Fsp3) is 0.364. The number of rotatable bonds is 6. The summed E-state index contributed by atoms with van der Waals surface area (Å²) >= 11 is 1.33. The molecule has 0 saturated heterocycles. The average molecular weight is 439 g/mol. The van der Waals surface area contributed by atoms with Crippen LogP contribution in [-0.2, 0) is 22.4 Å². The normalized spacial score (nSPS) is 17.6. The molecular formula is C22H22N4O4S. The molecule has 31 heavy (non-hydrogen) atoms. The van der Waals surface area contributed by atoms with E-state index in [2.05, 4.69) is 16.7 Å². The standard InChI is InChI=1S/C22H22N4O4S/c1-3-29-21(27)18-16(25-22(28)26-19(18)17-8-5-9-30-17)11-31-20-14(10-23)12(2)13-6-4-7-15(13)24-20/h5,8-9,19H,3-4,6-7,11H2,1-2H3,(H2,25,26,28). The number of hydrogen-bond acceptors (Lipinski definition) is 7. The van der Waals surface area contributed by atoms with Crippen molar-refractivity contribution in [3.63, 3.8) is 0 Å². The SMILES string of the molecule is CCOC(=O)C1=C(CSc2nc3c(c(C)c2C#N)CCC3)NC(=O)NC1c1ccco1. The van der Waals surface area contributed by atoms with Crippen molar-refractivity contribution in [2.75, 3.05) is 12.4 Å². The summed E-state index contributed by atoms with van der Waals surface area (Å²) in [5.41, 5.74) is 4.40. The Morgan fingerprint density at radius 1 is 1.45 bits per heavy atom. The molecule has 1 aliphatic carbocycles. The smallest absolute Gasteiger partial charge is 0.338 e. The lowest BCUT2D eigenvalue weighted by molar-refractivity contribution is -0.139. The van der Waals surface area contributed by atoms with Gasteiger partial charge in [-0.2, -0.15) is 5.26 Å². The van der Waals surface area contributed by atoms with Crippen LogP contribution in [0.3, 0.4) is 0 Å². The molecule has 1 unspecified atom stereocenters. The number of nitrogens with one attached hydrogen (secondary N) is 2. The molecule has 0 fully saturated rings. The highest BCUT2D eigenvalue weighted by Gasteiger charge is 2.35. The second kappa shape index (κ2) is 8.86. The van der Waals surface area contributed by atoms with Gasteiger partial charge in [-0.1, -0.05) is 11.8 Å². The maximum Gasteiger partial charge on any atom is 0.338 e. The third kappa shape index (κ3) is 4.03. The van der Waals surface area contributed by atoms with Crippen LogP contribution in [-0.4, -0.2) is 29.3 Å². The molecule has 2 amide bonds. The molecule has 160 valence electrons. The summed E-state index contributed by atoms with van der Waals surface area (Å²) in [5, 5.41) is 15.8. The molecule has 2 aliphatic rings. The molecule has 9 heteroatoms. The van der Waals surface area contributed by atoms with Crippen LogP contribution in [0.15, 0.2) is 39.1 Å². The van der Waals surface area contributed by atoms with Gasteiger partial charge in [0.1, 0.15) is 22.9 Å². The van der Waals surface area contributed by atoms with Crippen LogP contribution < -0.4 is 10.6 Å². The van der Waals surface area contributed by atoms with E-state index in [9.17, 15) is 14.9 Å². The maximum absolute atomic E-state index is 12.8. The lowest BCUT2D eigenvalue weighted by Crippen LogP contribution is -2.46. The molecule has 3 heterocycles. The van der Waals surface area contributed by atoms with E-state index in [0.717, 1.165) is 30.5 Å². The van der Waals surface area contributed by atoms with Crippen LogP contribution in [0.2, 0.25) is 0 Å². The highest BCUT2D eigenvalue weighted by Crippen LogP contribution is 2.34. The van der Waals surface area contributed by atoms with Gasteiger partial charge in [-0.25, -0.2) is 14.6 Å². The van der Waals surface area contributed by atoms with Crippen molar-refractivity contribution in [3.05, 3.63) is 57.8 Å². The lowest BCUT2D eigenvalue weighted by atomic mass is 10.0. The van der Waals surface area contributed by atoms with Gasteiger partial charge in [0.15, 0.2) is 0 Å². The Kier molecular flexibility index (Phi) is 6.00. The van der Waals surface area contributed by atoms with E-state index in [1.54, 1.807) is 19.1 Å². The number of urea groups is 1. The van der Waals surface area contributed by atoms with Crippen molar-refractivity contribution in [2.24, 2.45) is 0 Å². The zero-order chi connectivity index (χ0) is 22.0. The van der Waals surface area contributed by atoms with E-state index < -0.39 is 18.0 Å². The van der Waals surface area contributed by atoms with E-state index >= 15 is 0 Å². The van der Waals surface area contributed by atoms with Crippen LogP contribution in [0.5, 0.6) is 0 Å². The van der Waals surface area contributed by atoms with Gasteiger partial charge >= 0.3 is 12.0 Å². The molecule has 8 nitrogen and oxygen atoms in total. The van der Waals surface area contributed by atoms with Crippen LogP contribution in [0.25, 0.3) is 0 Å². The molecule has 4 rings (SSSR count). The number of nitriles is 1. The summed E-state index contributed by atoms with van der Waals surface area (Å²) in [5.74, 6) is 0.147. The molecule has 2 aromatic heterocycles. The van der Waals surface area contributed by atoms with E-state index in [4.69, 9.17) is 14.1 Å².